The van der Waals surface area contributed by atoms with Crippen molar-refractivity contribution in [3.8, 4) is 17.2 Å². The minimum Gasteiger partial charge on any atom is -0.494 e. The van der Waals surface area contributed by atoms with Crippen LogP contribution in [0.15, 0.2) is 53.7 Å². The molecule has 0 unspecified atom stereocenters. The molecule has 1 aromatic heterocycles. The van der Waals surface area contributed by atoms with Crippen LogP contribution in [0.3, 0.4) is 0 Å². The van der Waals surface area contributed by atoms with Crippen molar-refractivity contribution in [3.63, 3.8) is 0 Å². The maximum absolute atomic E-state index is 11.7. The molecule has 0 spiro atoms. The average molecular weight is 476 g/mol. The van der Waals surface area contributed by atoms with Gasteiger partial charge >= 0.3 is 6.03 Å². The molecule has 0 saturated heterocycles. The Morgan fingerprint density at radius 1 is 1.06 bits per heavy atom. The van der Waals surface area contributed by atoms with E-state index in [4.69, 9.17) is 26.8 Å². The van der Waals surface area contributed by atoms with Crippen LogP contribution < -0.4 is 20.5 Å². The number of aromatic nitrogens is 3. The highest BCUT2D eigenvalue weighted by atomic mass is 35.5. The van der Waals surface area contributed by atoms with Gasteiger partial charge in [0, 0.05) is 22.9 Å². The lowest BCUT2D eigenvalue weighted by molar-refractivity contribution is -0.119. The largest absolute Gasteiger partial charge is 0.494 e. The van der Waals surface area contributed by atoms with Crippen molar-refractivity contribution in [2.24, 2.45) is 5.73 Å². The molecule has 3 N–H and O–H groups in total. The molecule has 0 bridgehead atoms. The van der Waals surface area contributed by atoms with Crippen LogP contribution in [0, 0.1) is 0 Å². The van der Waals surface area contributed by atoms with Gasteiger partial charge in [0.2, 0.25) is 5.91 Å². The zero-order valence-electron chi connectivity index (χ0n) is 17.3. The molecule has 0 fully saturated rings. The molecule has 1 heterocycles. The number of ether oxygens (including phenoxy) is 2. The smallest absolute Gasteiger partial charge is 0.318 e. The van der Waals surface area contributed by atoms with Crippen molar-refractivity contribution in [1.29, 1.82) is 0 Å². The van der Waals surface area contributed by atoms with Gasteiger partial charge in [-0.1, -0.05) is 23.4 Å². The summed E-state index contributed by atoms with van der Waals surface area (Å²) in [4.78, 5) is 22.4. The SMILES string of the molecule is CCOc1ccc(OCc2nnc(SCCC(=O)NC(N)=O)n2-c2ccc(Cl)cc2)cc1. The van der Waals surface area contributed by atoms with E-state index in [9.17, 15) is 9.59 Å². The summed E-state index contributed by atoms with van der Waals surface area (Å²) < 4.78 is 13.2. The second-order valence-corrected chi connectivity index (χ2v) is 7.91. The molecule has 9 nitrogen and oxygen atoms in total. The van der Waals surface area contributed by atoms with Gasteiger partial charge in [0.05, 0.1) is 6.61 Å². The summed E-state index contributed by atoms with van der Waals surface area (Å²) in [6.07, 6.45) is 0.0963. The Labute approximate surface area is 194 Å². The highest BCUT2D eigenvalue weighted by Gasteiger charge is 2.16. The van der Waals surface area contributed by atoms with E-state index >= 15 is 0 Å². The first-order chi connectivity index (χ1) is 15.5. The van der Waals surface area contributed by atoms with Crippen LogP contribution in [-0.2, 0) is 11.4 Å². The molecule has 11 heteroatoms. The number of hydrogen-bond acceptors (Lipinski definition) is 7. The number of benzene rings is 2. The number of halogens is 1. The van der Waals surface area contributed by atoms with Gasteiger partial charge in [0.1, 0.15) is 18.1 Å². The monoisotopic (exact) mass is 475 g/mol. The quantitative estimate of drug-likeness (QED) is 0.430. The van der Waals surface area contributed by atoms with Gasteiger partial charge in [-0.05, 0) is 55.5 Å². The summed E-state index contributed by atoms with van der Waals surface area (Å²) >= 11 is 7.35. The molecule has 2 aromatic carbocycles. The lowest BCUT2D eigenvalue weighted by atomic mass is 10.3. The van der Waals surface area contributed by atoms with Gasteiger partial charge in [0.15, 0.2) is 11.0 Å². The average Bonchev–Trinajstić information content (AvgIpc) is 3.16. The second-order valence-electron chi connectivity index (χ2n) is 6.41. The van der Waals surface area contributed by atoms with E-state index in [1.165, 1.54) is 11.8 Å². The Morgan fingerprint density at radius 3 is 2.34 bits per heavy atom. The number of amides is 3. The van der Waals surface area contributed by atoms with E-state index < -0.39 is 11.9 Å². The summed E-state index contributed by atoms with van der Waals surface area (Å²) in [5.74, 6) is 1.93. The number of carbonyl (C=O) groups is 2. The van der Waals surface area contributed by atoms with Crippen LogP contribution in [-0.4, -0.2) is 39.1 Å². The molecule has 0 aliphatic heterocycles. The maximum Gasteiger partial charge on any atom is 0.318 e. The Bertz CT molecular complexity index is 1060. The molecule has 3 aromatic rings. The molecule has 3 rings (SSSR count). The number of primary amides is 1. The third-order valence-electron chi connectivity index (χ3n) is 4.11. The second kappa shape index (κ2) is 11.4. The first-order valence-electron chi connectivity index (χ1n) is 9.74. The van der Waals surface area contributed by atoms with Crippen molar-refractivity contribution in [2.75, 3.05) is 12.4 Å². The van der Waals surface area contributed by atoms with E-state index in [1.54, 1.807) is 12.1 Å². The van der Waals surface area contributed by atoms with Crippen LogP contribution in [0.4, 0.5) is 4.79 Å². The fraction of sp³-hybridized carbons (Fsp3) is 0.238. The zero-order valence-corrected chi connectivity index (χ0v) is 18.9. The van der Waals surface area contributed by atoms with Crippen LogP contribution in [0.1, 0.15) is 19.2 Å². The summed E-state index contributed by atoms with van der Waals surface area (Å²) in [7, 11) is 0. The molecule has 0 saturated carbocycles. The summed E-state index contributed by atoms with van der Waals surface area (Å²) in [6, 6.07) is 13.7. The highest BCUT2D eigenvalue weighted by Crippen LogP contribution is 2.25. The minimum absolute atomic E-state index is 0.0963. The zero-order chi connectivity index (χ0) is 22.9. The predicted octanol–water partition coefficient (Wildman–Crippen LogP) is 3.58. The van der Waals surface area contributed by atoms with Crippen LogP contribution >= 0.6 is 23.4 Å². The standard InChI is InChI=1S/C21H22ClN5O4S/c1-2-30-16-7-9-17(10-8-16)31-13-18-25-26-21(32-12-11-19(28)24-20(23)29)27(18)15-5-3-14(22)4-6-15/h3-10H,2,11-13H2,1H3,(H3,23,24,28,29). The van der Waals surface area contributed by atoms with Crippen molar-refractivity contribution < 1.29 is 19.1 Å². The third-order valence-corrected chi connectivity index (χ3v) is 5.29. The van der Waals surface area contributed by atoms with E-state index in [1.807, 2.05) is 53.2 Å². The summed E-state index contributed by atoms with van der Waals surface area (Å²) in [5.41, 5.74) is 5.76. The number of nitrogens with two attached hydrogens (primary N) is 1. The Balaban J connectivity index is 1.74. The number of carbonyl (C=O) groups excluding carboxylic acids is 2. The number of thioether (sulfide) groups is 1. The van der Waals surface area contributed by atoms with Crippen LogP contribution in [0.2, 0.25) is 5.02 Å². The predicted molar refractivity (Wildman–Crippen MR) is 121 cm³/mol. The number of imide groups is 1. The number of hydrogen-bond donors (Lipinski definition) is 2. The Hall–Kier alpha value is -3.24. The molecule has 3 amide bonds. The lowest BCUT2D eigenvalue weighted by Gasteiger charge is -2.12. The van der Waals surface area contributed by atoms with Gasteiger partial charge in [-0.15, -0.1) is 10.2 Å². The van der Waals surface area contributed by atoms with E-state index in [-0.39, 0.29) is 13.0 Å². The molecule has 0 aliphatic rings. The summed E-state index contributed by atoms with van der Waals surface area (Å²) in [5, 5.41) is 11.7. The normalized spacial score (nSPS) is 10.6. The van der Waals surface area contributed by atoms with E-state index in [0.29, 0.717) is 34.1 Å². The fourth-order valence-corrected chi connectivity index (χ4v) is 3.75. The van der Waals surface area contributed by atoms with Crippen molar-refractivity contribution >= 4 is 35.3 Å². The van der Waals surface area contributed by atoms with Crippen molar-refractivity contribution in [2.45, 2.75) is 25.1 Å². The Kier molecular flexibility index (Phi) is 8.34. The number of nitrogens with one attached hydrogen (secondary N) is 1. The molecule has 168 valence electrons. The first kappa shape index (κ1) is 23.4. The van der Waals surface area contributed by atoms with Gasteiger partial charge < -0.3 is 15.2 Å². The molecule has 32 heavy (non-hydrogen) atoms. The molecule has 0 aliphatic carbocycles. The van der Waals surface area contributed by atoms with E-state index in [2.05, 4.69) is 10.2 Å². The first-order valence-corrected chi connectivity index (χ1v) is 11.1. The minimum atomic E-state index is -0.877. The molecule has 0 radical (unpaired) electrons. The third kappa shape index (κ3) is 6.63. The van der Waals surface area contributed by atoms with Gasteiger partial charge in [0.25, 0.3) is 0 Å². The maximum atomic E-state index is 11.7. The van der Waals surface area contributed by atoms with Crippen LogP contribution in [0.25, 0.3) is 5.69 Å². The fourth-order valence-electron chi connectivity index (χ4n) is 2.72. The van der Waals surface area contributed by atoms with Gasteiger partial charge in [-0.2, -0.15) is 0 Å². The topological polar surface area (TPSA) is 121 Å². The molecule has 0 atom stereocenters. The lowest BCUT2D eigenvalue weighted by Crippen LogP contribution is -2.35. The molecular weight excluding hydrogens is 454 g/mol. The number of nitrogens with zero attached hydrogens (tertiary/aromatic N) is 3. The van der Waals surface area contributed by atoms with Crippen molar-refractivity contribution in [3.05, 3.63) is 59.4 Å². The summed E-state index contributed by atoms with van der Waals surface area (Å²) in [6.45, 7) is 2.69. The highest BCUT2D eigenvalue weighted by molar-refractivity contribution is 7.99. The number of rotatable bonds is 10. The van der Waals surface area contributed by atoms with Crippen LogP contribution in [0.5, 0.6) is 11.5 Å². The van der Waals surface area contributed by atoms with Gasteiger partial charge in [-0.25, -0.2) is 4.79 Å². The van der Waals surface area contributed by atoms with Gasteiger partial charge in [-0.3, -0.25) is 14.7 Å². The number of urea groups is 1. The van der Waals surface area contributed by atoms with Crippen molar-refractivity contribution in [1.82, 2.24) is 20.1 Å². The molecular formula is C21H22ClN5O4S. The van der Waals surface area contributed by atoms with E-state index in [0.717, 1.165) is 11.4 Å². The Morgan fingerprint density at radius 2 is 1.72 bits per heavy atom.